The maximum Gasteiger partial charge on any atom is 0.166 e. The van der Waals surface area contributed by atoms with Crippen molar-refractivity contribution in [1.82, 2.24) is 14.8 Å². The number of H-pyrrole nitrogens is 1. The number of hydrogen-bond acceptors (Lipinski definition) is 4. The van der Waals surface area contributed by atoms with Crippen molar-refractivity contribution in [2.45, 2.75) is 32.9 Å². The van der Waals surface area contributed by atoms with Gasteiger partial charge >= 0.3 is 0 Å². The van der Waals surface area contributed by atoms with Crippen LogP contribution in [0.2, 0.25) is 0 Å². The van der Waals surface area contributed by atoms with Crippen LogP contribution in [0, 0.1) is 12.7 Å². The van der Waals surface area contributed by atoms with Crippen LogP contribution in [0.5, 0.6) is 5.75 Å². The lowest BCUT2D eigenvalue weighted by Gasteiger charge is -2.11. The van der Waals surface area contributed by atoms with Crippen molar-refractivity contribution in [2.24, 2.45) is 0 Å². The Morgan fingerprint density at radius 2 is 1.95 bits per heavy atom. The average Bonchev–Trinajstić information content (AvgIpc) is 3.43. The van der Waals surface area contributed by atoms with E-state index in [9.17, 15) is 4.79 Å². The number of carbonyl (C=O) groups excluding carboxylic acids is 1. The summed E-state index contributed by atoms with van der Waals surface area (Å²) in [5.74, 6) is 0.490. The first-order valence-corrected chi connectivity index (χ1v) is 12.8. The van der Waals surface area contributed by atoms with E-state index in [1.807, 2.05) is 47.9 Å². The minimum absolute atomic E-state index is 0.263. The number of carbonyl (C=O) groups is 1. The lowest BCUT2D eigenvalue weighted by Crippen LogP contribution is -2.05. The second-order valence-electron chi connectivity index (χ2n) is 9.50. The van der Waals surface area contributed by atoms with Crippen molar-refractivity contribution in [3.63, 3.8) is 0 Å². The van der Waals surface area contributed by atoms with E-state index in [0.717, 1.165) is 39.5 Å². The molecule has 7 heteroatoms. The summed E-state index contributed by atoms with van der Waals surface area (Å²) in [7, 11) is 0. The number of halogens is 1. The van der Waals surface area contributed by atoms with Crippen LogP contribution in [0.4, 0.5) is 4.39 Å². The zero-order valence-corrected chi connectivity index (χ0v) is 21.2. The van der Waals surface area contributed by atoms with Crippen molar-refractivity contribution in [1.29, 1.82) is 0 Å². The number of allylic oxidation sites excluding steroid dienone is 1. The highest BCUT2D eigenvalue weighted by Crippen LogP contribution is 2.39. The Balaban J connectivity index is 1.39. The summed E-state index contributed by atoms with van der Waals surface area (Å²) in [6.07, 6.45) is 6.08. The quantitative estimate of drug-likeness (QED) is 0.160. The second-order valence-corrected chi connectivity index (χ2v) is 9.50. The lowest BCUT2D eigenvalue weighted by molar-refractivity contribution is 0.111. The predicted octanol–water partition coefficient (Wildman–Crippen LogP) is 6.54. The number of fused-ring (bicyclic) bond motifs is 3. The van der Waals surface area contributed by atoms with Crippen molar-refractivity contribution in [2.75, 3.05) is 13.2 Å². The van der Waals surface area contributed by atoms with Crippen LogP contribution in [0.1, 0.15) is 33.9 Å². The number of aldehydes is 1. The van der Waals surface area contributed by atoms with Crippen LogP contribution < -0.4 is 4.74 Å². The van der Waals surface area contributed by atoms with E-state index < -0.39 is 0 Å². The molecule has 0 radical (unpaired) electrons. The Bertz CT molecular complexity index is 1680. The second kappa shape index (κ2) is 10.3. The van der Waals surface area contributed by atoms with Gasteiger partial charge in [0.05, 0.1) is 36.7 Å². The summed E-state index contributed by atoms with van der Waals surface area (Å²) in [4.78, 5) is 12.5. The van der Waals surface area contributed by atoms with E-state index in [1.165, 1.54) is 6.07 Å². The maximum absolute atomic E-state index is 15.6. The SMILES string of the molecule is Cc1[nH]nc2c1-c1c(F)ccc3c(CCCOc4cccc5ccccc45)c(C=O)n(c13)C/C=C\COC2. The zero-order chi connectivity index (χ0) is 26.1. The molecule has 1 N–H and O–H groups in total. The van der Waals surface area contributed by atoms with E-state index >= 15 is 4.39 Å². The molecule has 0 saturated carbocycles. The summed E-state index contributed by atoms with van der Waals surface area (Å²) in [6.45, 7) is 3.47. The van der Waals surface area contributed by atoms with Crippen LogP contribution in [-0.4, -0.2) is 34.3 Å². The monoisotopic (exact) mass is 509 g/mol. The number of rotatable bonds is 6. The zero-order valence-electron chi connectivity index (χ0n) is 21.2. The fourth-order valence-electron chi connectivity index (χ4n) is 5.48. The molecular formula is C31H28FN3O3. The van der Waals surface area contributed by atoms with Crippen molar-refractivity contribution >= 4 is 28.0 Å². The summed E-state index contributed by atoms with van der Waals surface area (Å²) in [5, 5.41) is 10.4. The van der Waals surface area contributed by atoms with Gasteiger partial charge in [-0.2, -0.15) is 5.10 Å². The van der Waals surface area contributed by atoms with E-state index in [4.69, 9.17) is 9.47 Å². The fraction of sp³-hybridized carbons (Fsp3) is 0.226. The molecule has 6 rings (SSSR count). The van der Waals surface area contributed by atoms with Crippen molar-refractivity contribution < 1.29 is 18.7 Å². The molecule has 2 aromatic heterocycles. The molecule has 0 atom stereocenters. The lowest BCUT2D eigenvalue weighted by atomic mass is 9.98. The molecule has 0 bridgehead atoms. The number of aromatic nitrogens is 3. The Kier molecular flexibility index (Phi) is 6.52. The molecule has 0 aliphatic carbocycles. The van der Waals surface area contributed by atoms with Crippen LogP contribution in [0.15, 0.2) is 66.7 Å². The first-order chi connectivity index (χ1) is 18.7. The van der Waals surface area contributed by atoms with Gasteiger partial charge in [-0.05, 0) is 48.9 Å². The normalized spacial score (nSPS) is 14.3. The van der Waals surface area contributed by atoms with Gasteiger partial charge < -0.3 is 14.0 Å². The van der Waals surface area contributed by atoms with Gasteiger partial charge in [0, 0.05) is 34.1 Å². The maximum atomic E-state index is 15.6. The highest BCUT2D eigenvalue weighted by Gasteiger charge is 2.25. The third-order valence-electron chi connectivity index (χ3n) is 7.19. The third-order valence-corrected chi connectivity index (χ3v) is 7.19. The van der Waals surface area contributed by atoms with Crippen molar-refractivity contribution in [3.05, 3.63) is 95.2 Å². The molecule has 0 unspecified atom stereocenters. The van der Waals surface area contributed by atoms with Gasteiger partial charge in [-0.1, -0.05) is 48.6 Å². The summed E-state index contributed by atoms with van der Waals surface area (Å²) in [5.41, 5.74) is 4.71. The first kappa shape index (κ1) is 24.1. The molecule has 0 amide bonds. The van der Waals surface area contributed by atoms with Gasteiger partial charge in [0.1, 0.15) is 11.6 Å². The Morgan fingerprint density at radius 1 is 1.08 bits per heavy atom. The number of hydrogen-bond donors (Lipinski definition) is 1. The number of benzene rings is 3. The van der Waals surface area contributed by atoms with E-state index in [0.29, 0.717) is 60.6 Å². The van der Waals surface area contributed by atoms with Crippen molar-refractivity contribution in [3.8, 4) is 16.9 Å². The minimum Gasteiger partial charge on any atom is -0.493 e. The number of nitrogens with one attached hydrogen (secondary N) is 1. The highest BCUT2D eigenvalue weighted by molar-refractivity contribution is 6.02. The van der Waals surface area contributed by atoms with Crippen LogP contribution in [-0.2, 0) is 24.3 Å². The molecule has 5 aromatic rings. The Hall–Kier alpha value is -4.23. The van der Waals surface area contributed by atoms with Gasteiger partial charge in [0.25, 0.3) is 0 Å². The Morgan fingerprint density at radius 3 is 2.84 bits per heavy atom. The predicted molar refractivity (Wildman–Crippen MR) is 146 cm³/mol. The molecular weight excluding hydrogens is 481 g/mol. The molecule has 3 heterocycles. The van der Waals surface area contributed by atoms with Gasteiger partial charge in [-0.15, -0.1) is 0 Å². The van der Waals surface area contributed by atoms with Gasteiger partial charge in [0.2, 0.25) is 0 Å². The number of ether oxygens (including phenoxy) is 2. The molecule has 6 nitrogen and oxygen atoms in total. The molecule has 0 saturated heterocycles. The van der Waals surface area contributed by atoms with E-state index in [2.05, 4.69) is 28.4 Å². The first-order valence-electron chi connectivity index (χ1n) is 12.8. The van der Waals surface area contributed by atoms with Gasteiger partial charge in [0.15, 0.2) is 6.29 Å². The number of nitrogens with zero attached hydrogens (tertiary/aromatic N) is 2. The van der Waals surface area contributed by atoms with E-state index in [1.54, 1.807) is 6.07 Å². The fourth-order valence-corrected chi connectivity index (χ4v) is 5.48. The van der Waals surface area contributed by atoms with Gasteiger partial charge in [-0.25, -0.2) is 4.39 Å². The third kappa shape index (κ3) is 4.19. The molecule has 1 aliphatic rings. The van der Waals surface area contributed by atoms with Crippen LogP contribution in [0.25, 0.3) is 32.8 Å². The average molecular weight is 510 g/mol. The summed E-state index contributed by atoms with van der Waals surface area (Å²) < 4.78 is 29.4. The summed E-state index contributed by atoms with van der Waals surface area (Å²) >= 11 is 0. The molecule has 1 aliphatic heterocycles. The Labute approximate surface area is 219 Å². The molecule has 0 spiro atoms. The van der Waals surface area contributed by atoms with Crippen LogP contribution in [0.3, 0.4) is 0 Å². The summed E-state index contributed by atoms with van der Waals surface area (Å²) in [6, 6.07) is 17.4. The van der Waals surface area contributed by atoms with E-state index in [-0.39, 0.29) is 12.4 Å². The van der Waals surface area contributed by atoms with Crippen LogP contribution >= 0.6 is 0 Å². The number of aryl methyl sites for hydroxylation is 2. The minimum atomic E-state index is -0.353. The highest BCUT2D eigenvalue weighted by atomic mass is 19.1. The van der Waals surface area contributed by atoms with Gasteiger partial charge in [-0.3, -0.25) is 9.89 Å². The number of aromatic amines is 1. The molecule has 0 fully saturated rings. The topological polar surface area (TPSA) is 69.1 Å². The molecule has 38 heavy (non-hydrogen) atoms. The standard InChI is InChI=1S/C31H28FN3O3/c1-20-29-26(34-33-20)19-37-16-5-4-15-35-27(18-36)23(24-13-14-25(32)30(29)31(24)35)11-7-17-38-28-12-6-9-21-8-2-3-10-22(21)28/h2-6,8-10,12-14,18H,7,11,15-17,19H2,1H3,(H,33,34)/b5-4-. The largest absolute Gasteiger partial charge is 0.493 e. The molecule has 192 valence electrons. The smallest absolute Gasteiger partial charge is 0.166 e. The molecule has 3 aromatic carbocycles.